The van der Waals surface area contributed by atoms with Gasteiger partial charge in [0.25, 0.3) is 0 Å². The van der Waals surface area contributed by atoms with Crippen LogP contribution >= 0.6 is 0 Å². The van der Waals surface area contributed by atoms with Gasteiger partial charge in [0.05, 0.1) is 12.8 Å². The summed E-state index contributed by atoms with van der Waals surface area (Å²) in [5.41, 5.74) is 0.492. The number of ketones is 1. The Hall–Kier alpha value is -1.38. The van der Waals surface area contributed by atoms with Crippen LogP contribution in [0.1, 0.15) is 43.1 Å². The Kier molecular flexibility index (Phi) is 3.54. The molecule has 0 N–H and O–H groups in total. The Balaban J connectivity index is 1.78. The Bertz CT molecular complexity index is 355. The van der Waals surface area contributed by atoms with E-state index in [1.807, 2.05) is 6.07 Å². The number of hydrogen-bond donors (Lipinski definition) is 0. The number of carbonyl (C=O) groups is 1. The molecule has 1 aliphatic carbocycles. The van der Waals surface area contributed by atoms with Crippen LogP contribution in [0.5, 0.6) is 5.75 Å². The molecule has 0 aromatic carbocycles. The molecule has 1 aromatic rings. The van der Waals surface area contributed by atoms with Crippen molar-refractivity contribution in [1.82, 2.24) is 4.98 Å². The zero-order valence-corrected chi connectivity index (χ0v) is 9.61. The predicted molar refractivity (Wildman–Crippen MR) is 61.7 cm³/mol. The van der Waals surface area contributed by atoms with Gasteiger partial charge >= 0.3 is 0 Å². The fourth-order valence-corrected chi connectivity index (χ4v) is 1.80. The van der Waals surface area contributed by atoms with Gasteiger partial charge in [0.2, 0.25) is 0 Å². The lowest BCUT2D eigenvalue weighted by atomic mass is 9.83. The third-order valence-corrected chi connectivity index (χ3v) is 3.12. The van der Waals surface area contributed by atoms with Crippen LogP contribution in [-0.4, -0.2) is 17.4 Å². The van der Waals surface area contributed by atoms with Crippen molar-refractivity contribution in [3.63, 3.8) is 0 Å². The fourth-order valence-electron chi connectivity index (χ4n) is 1.80. The standard InChI is InChI=1S/C13H17NO2/c1-10(15)13-6-5-12(9-14-13)16-8-7-11-3-2-4-11/h5-6,9,11H,2-4,7-8H2,1H3. The van der Waals surface area contributed by atoms with Gasteiger partial charge in [-0.2, -0.15) is 0 Å². The molecule has 0 bridgehead atoms. The molecule has 16 heavy (non-hydrogen) atoms. The van der Waals surface area contributed by atoms with Crippen molar-refractivity contribution in [1.29, 1.82) is 0 Å². The molecule has 0 spiro atoms. The van der Waals surface area contributed by atoms with Crippen LogP contribution < -0.4 is 4.74 Å². The summed E-state index contributed by atoms with van der Waals surface area (Å²) in [5.74, 6) is 1.61. The average molecular weight is 219 g/mol. The lowest BCUT2D eigenvalue weighted by molar-refractivity contribution is 0.101. The maximum atomic E-state index is 11.0. The molecule has 1 fully saturated rings. The summed E-state index contributed by atoms with van der Waals surface area (Å²) in [7, 11) is 0. The number of pyridine rings is 1. The van der Waals surface area contributed by atoms with E-state index in [1.54, 1.807) is 12.3 Å². The summed E-state index contributed by atoms with van der Waals surface area (Å²) in [6.45, 7) is 2.27. The van der Waals surface area contributed by atoms with Gasteiger partial charge in [-0.3, -0.25) is 4.79 Å². The molecule has 2 rings (SSSR count). The molecule has 3 nitrogen and oxygen atoms in total. The molecule has 0 saturated heterocycles. The zero-order valence-electron chi connectivity index (χ0n) is 9.61. The average Bonchev–Trinajstić information content (AvgIpc) is 2.22. The first-order chi connectivity index (χ1) is 7.75. The van der Waals surface area contributed by atoms with E-state index < -0.39 is 0 Å². The van der Waals surface area contributed by atoms with Gasteiger partial charge < -0.3 is 4.74 Å². The number of ether oxygens (including phenoxy) is 1. The number of carbonyl (C=O) groups excluding carboxylic acids is 1. The van der Waals surface area contributed by atoms with Gasteiger partial charge in [-0.15, -0.1) is 0 Å². The first kappa shape index (κ1) is 11.1. The summed E-state index contributed by atoms with van der Waals surface area (Å²) >= 11 is 0. The van der Waals surface area contributed by atoms with E-state index in [-0.39, 0.29) is 5.78 Å². The van der Waals surface area contributed by atoms with Crippen molar-refractivity contribution in [2.24, 2.45) is 5.92 Å². The van der Waals surface area contributed by atoms with E-state index in [2.05, 4.69) is 4.98 Å². The maximum absolute atomic E-state index is 11.0. The molecule has 0 radical (unpaired) electrons. The second-order valence-corrected chi connectivity index (χ2v) is 4.37. The normalized spacial score (nSPS) is 15.6. The minimum absolute atomic E-state index is 0.0129. The predicted octanol–water partition coefficient (Wildman–Crippen LogP) is 2.85. The van der Waals surface area contributed by atoms with Gasteiger partial charge in [-0.05, 0) is 24.5 Å². The molecule has 1 heterocycles. The van der Waals surface area contributed by atoms with E-state index in [1.165, 1.54) is 26.2 Å². The highest BCUT2D eigenvalue weighted by atomic mass is 16.5. The third kappa shape index (κ3) is 2.81. The highest BCUT2D eigenvalue weighted by Crippen LogP contribution is 2.29. The zero-order chi connectivity index (χ0) is 11.4. The van der Waals surface area contributed by atoms with Crippen LogP contribution in [0.15, 0.2) is 18.3 Å². The Morgan fingerprint density at radius 1 is 1.50 bits per heavy atom. The highest BCUT2D eigenvalue weighted by molar-refractivity contribution is 5.92. The van der Waals surface area contributed by atoms with Crippen molar-refractivity contribution in [3.8, 4) is 5.75 Å². The van der Waals surface area contributed by atoms with Crippen molar-refractivity contribution < 1.29 is 9.53 Å². The highest BCUT2D eigenvalue weighted by Gasteiger charge is 2.16. The molecular formula is C13H17NO2. The van der Waals surface area contributed by atoms with Crippen LogP contribution in [0.2, 0.25) is 0 Å². The largest absolute Gasteiger partial charge is 0.492 e. The number of nitrogens with zero attached hydrogens (tertiary/aromatic N) is 1. The van der Waals surface area contributed by atoms with Crippen molar-refractivity contribution in [2.45, 2.75) is 32.6 Å². The molecular weight excluding hydrogens is 202 g/mol. The quantitative estimate of drug-likeness (QED) is 0.715. The number of hydrogen-bond acceptors (Lipinski definition) is 3. The summed E-state index contributed by atoms with van der Waals surface area (Å²) in [6, 6.07) is 3.52. The van der Waals surface area contributed by atoms with Crippen LogP contribution in [-0.2, 0) is 0 Å². The lowest BCUT2D eigenvalue weighted by Crippen LogP contribution is -2.14. The third-order valence-electron chi connectivity index (χ3n) is 3.12. The second kappa shape index (κ2) is 5.10. The number of aromatic nitrogens is 1. The van der Waals surface area contributed by atoms with E-state index in [0.717, 1.165) is 24.7 Å². The molecule has 1 aromatic heterocycles. The Morgan fingerprint density at radius 3 is 2.81 bits per heavy atom. The molecule has 0 atom stereocenters. The number of Topliss-reactive ketones (excluding diaryl/α,β-unsaturated/α-hetero) is 1. The number of rotatable bonds is 5. The second-order valence-electron chi connectivity index (χ2n) is 4.37. The van der Waals surface area contributed by atoms with Gasteiger partial charge in [-0.25, -0.2) is 4.98 Å². The topological polar surface area (TPSA) is 39.2 Å². The fraction of sp³-hybridized carbons (Fsp3) is 0.538. The first-order valence-corrected chi connectivity index (χ1v) is 5.85. The van der Waals surface area contributed by atoms with Crippen molar-refractivity contribution in [3.05, 3.63) is 24.0 Å². The van der Waals surface area contributed by atoms with Crippen LogP contribution in [0.3, 0.4) is 0 Å². The molecule has 1 saturated carbocycles. The molecule has 0 unspecified atom stereocenters. The molecule has 0 amide bonds. The summed E-state index contributed by atoms with van der Waals surface area (Å²) in [6.07, 6.45) is 6.83. The smallest absolute Gasteiger partial charge is 0.178 e. The SMILES string of the molecule is CC(=O)c1ccc(OCCC2CCC2)cn1. The lowest BCUT2D eigenvalue weighted by Gasteiger charge is -2.24. The minimum atomic E-state index is -0.0129. The van der Waals surface area contributed by atoms with Gasteiger partial charge in [0.15, 0.2) is 5.78 Å². The first-order valence-electron chi connectivity index (χ1n) is 5.85. The maximum Gasteiger partial charge on any atom is 0.178 e. The summed E-state index contributed by atoms with van der Waals surface area (Å²) in [4.78, 5) is 15.0. The van der Waals surface area contributed by atoms with Gasteiger partial charge in [0.1, 0.15) is 11.4 Å². The van der Waals surface area contributed by atoms with Gasteiger partial charge in [-0.1, -0.05) is 19.3 Å². The van der Waals surface area contributed by atoms with Crippen LogP contribution in [0, 0.1) is 5.92 Å². The molecule has 1 aliphatic rings. The van der Waals surface area contributed by atoms with Gasteiger partial charge in [0, 0.05) is 6.92 Å². The molecule has 0 aliphatic heterocycles. The molecule has 86 valence electrons. The summed E-state index contributed by atoms with van der Waals surface area (Å²) in [5, 5.41) is 0. The Labute approximate surface area is 95.8 Å². The molecule has 3 heteroatoms. The van der Waals surface area contributed by atoms with Crippen LogP contribution in [0.4, 0.5) is 0 Å². The van der Waals surface area contributed by atoms with E-state index in [0.29, 0.717) is 5.69 Å². The van der Waals surface area contributed by atoms with E-state index in [9.17, 15) is 4.79 Å². The van der Waals surface area contributed by atoms with Crippen LogP contribution in [0.25, 0.3) is 0 Å². The minimum Gasteiger partial charge on any atom is -0.492 e. The van der Waals surface area contributed by atoms with Crippen molar-refractivity contribution >= 4 is 5.78 Å². The Morgan fingerprint density at radius 2 is 2.31 bits per heavy atom. The van der Waals surface area contributed by atoms with Crippen molar-refractivity contribution in [2.75, 3.05) is 6.61 Å². The summed E-state index contributed by atoms with van der Waals surface area (Å²) < 4.78 is 5.57. The monoisotopic (exact) mass is 219 g/mol. The van der Waals surface area contributed by atoms with E-state index in [4.69, 9.17) is 4.74 Å². The van der Waals surface area contributed by atoms with E-state index >= 15 is 0 Å².